The average molecular weight is 1140 g/mol. The molecule has 0 saturated heterocycles. The number of carbonyl (C=O) groups is 2. The van der Waals surface area contributed by atoms with Gasteiger partial charge >= 0.3 is 19.8 Å². The van der Waals surface area contributed by atoms with Gasteiger partial charge in [0.15, 0.2) is 6.10 Å². The third-order valence-electron chi connectivity index (χ3n) is 13.8. The molecule has 80 heavy (non-hydrogen) atoms. The van der Waals surface area contributed by atoms with Gasteiger partial charge in [0.25, 0.3) is 0 Å². The van der Waals surface area contributed by atoms with E-state index >= 15 is 0 Å². The molecule has 0 aliphatic heterocycles. The molecule has 0 fully saturated rings. The van der Waals surface area contributed by atoms with E-state index in [0.717, 1.165) is 103 Å². The fourth-order valence-corrected chi connectivity index (χ4v) is 9.57. The fourth-order valence-electron chi connectivity index (χ4n) is 8.83. The molecule has 0 bridgehead atoms. The maximum absolute atomic E-state index is 12.9. The van der Waals surface area contributed by atoms with Crippen LogP contribution in [0, 0.1) is 0 Å². The van der Waals surface area contributed by atoms with Gasteiger partial charge in [-0.1, -0.05) is 284 Å². The summed E-state index contributed by atoms with van der Waals surface area (Å²) in [7, 11) is 1.46. The molecule has 0 aromatic carbocycles. The first-order chi connectivity index (χ1) is 39.0. The number of phosphoric ester groups is 1. The number of hydrogen-bond acceptors (Lipinski definition) is 7. The van der Waals surface area contributed by atoms with Crippen molar-refractivity contribution in [2.75, 3.05) is 47.5 Å². The number of esters is 2. The first-order valence-corrected chi connectivity index (χ1v) is 34.1. The Labute approximate surface area is 493 Å². The predicted molar refractivity (Wildman–Crippen MR) is 344 cm³/mol. The van der Waals surface area contributed by atoms with E-state index < -0.39 is 26.5 Å². The van der Waals surface area contributed by atoms with Crippen LogP contribution in [-0.4, -0.2) is 74.9 Å². The Kier molecular flexibility index (Phi) is 57.8. The number of ether oxygens (including phenoxy) is 2. The average Bonchev–Trinajstić information content (AvgIpc) is 3.42. The van der Waals surface area contributed by atoms with E-state index in [0.29, 0.717) is 17.4 Å². The Morgan fingerprint density at radius 1 is 0.400 bits per heavy atom. The van der Waals surface area contributed by atoms with Crippen LogP contribution in [0.1, 0.15) is 271 Å². The molecule has 2 unspecified atom stereocenters. The van der Waals surface area contributed by atoms with Crippen molar-refractivity contribution in [2.45, 2.75) is 277 Å². The molecule has 2 atom stereocenters. The Balaban J connectivity index is 4.15. The van der Waals surface area contributed by atoms with Crippen LogP contribution < -0.4 is 0 Å². The normalized spacial score (nSPS) is 13.9. The van der Waals surface area contributed by atoms with Gasteiger partial charge < -0.3 is 18.9 Å². The third-order valence-corrected chi connectivity index (χ3v) is 14.8. The summed E-state index contributed by atoms with van der Waals surface area (Å²) >= 11 is 0. The van der Waals surface area contributed by atoms with E-state index in [1.807, 2.05) is 21.1 Å². The summed E-state index contributed by atoms with van der Waals surface area (Å²) in [6.07, 6.45) is 84.6. The first-order valence-electron chi connectivity index (χ1n) is 32.6. The van der Waals surface area contributed by atoms with Gasteiger partial charge in [0.1, 0.15) is 19.8 Å². The van der Waals surface area contributed by atoms with Crippen LogP contribution in [0.2, 0.25) is 0 Å². The molecule has 0 aromatic rings. The number of rotatable bonds is 59. The van der Waals surface area contributed by atoms with Gasteiger partial charge in [0, 0.05) is 12.8 Å². The Morgan fingerprint density at radius 3 is 1.06 bits per heavy atom. The minimum absolute atomic E-state index is 0.0257. The largest absolute Gasteiger partial charge is 0.472 e. The van der Waals surface area contributed by atoms with Gasteiger partial charge in [-0.15, -0.1) is 0 Å². The highest BCUT2D eigenvalue weighted by molar-refractivity contribution is 7.47. The van der Waals surface area contributed by atoms with Gasteiger partial charge in [-0.2, -0.15) is 0 Å². The molecule has 0 rings (SSSR count). The molecule has 0 radical (unpaired) electrons. The second kappa shape index (κ2) is 60.3. The number of hydrogen-bond donors (Lipinski definition) is 1. The summed E-state index contributed by atoms with van der Waals surface area (Å²) in [5, 5.41) is 0. The Morgan fingerprint density at radius 2 is 0.713 bits per heavy atom. The molecule has 0 aliphatic rings. The van der Waals surface area contributed by atoms with Gasteiger partial charge in [-0.25, -0.2) is 4.57 Å². The van der Waals surface area contributed by atoms with Crippen molar-refractivity contribution < 1.29 is 42.1 Å². The number of phosphoric acid groups is 1. The summed E-state index contributed by atoms with van der Waals surface area (Å²) in [5.41, 5.74) is 0. The molecule has 460 valence electrons. The number of nitrogens with zero attached hydrogens (tertiary/aromatic N) is 1. The molecule has 10 heteroatoms. The van der Waals surface area contributed by atoms with Crippen molar-refractivity contribution in [3.63, 3.8) is 0 Å². The van der Waals surface area contributed by atoms with Crippen LogP contribution in [0.3, 0.4) is 0 Å². The lowest BCUT2D eigenvalue weighted by molar-refractivity contribution is -0.870. The van der Waals surface area contributed by atoms with Crippen molar-refractivity contribution in [3.05, 3.63) is 109 Å². The van der Waals surface area contributed by atoms with Crippen molar-refractivity contribution in [1.29, 1.82) is 0 Å². The molecule has 0 amide bonds. The summed E-state index contributed by atoms with van der Waals surface area (Å²) < 4.78 is 34.6. The smallest absolute Gasteiger partial charge is 0.462 e. The van der Waals surface area contributed by atoms with E-state index in [4.69, 9.17) is 18.5 Å². The molecule has 0 saturated carbocycles. The highest BCUT2D eigenvalue weighted by Crippen LogP contribution is 2.43. The van der Waals surface area contributed by atoms with Crippen LogP contribution in [0.15, 0.2) is 109 Å². The van der Waals surface area contributed by atoms with Gasteiger partial charge in [0.2, 0.25) is 0 Å². The van der Waals surface area contributed by atoms with Crippen molar-refractivity contribution in [1.82, 2.24) is 0 Å². The highest BCUT2D eigenvalue weighted by atomic mass is 31.2. The lowest BCUT2D eigenvalue weighted by Crippen LogP contribution is -2.37. The number of allylic oxidation sites excluding steroid dienone is 18. The second-order valence-electron chi connectivity index (χ2n) is 22.8. The minimum atomic E-state index is -4.40. The van der Waals surface area contributed by atoms with Crippen LogP contribution >= 0.6 is 7.82 Å². The zero-order valence-corrected chi connectivity index (χ0v) is 53.2. The number of likely N-dealkylation sites (N-methyl/N-ethyl adjacent to an activating group) is 1. The van der Waals surface area contributed by atoms with Crippen LogP contribution in [-0.2, 0) is 32.7 Å². The molecule has 0 heterocycles. The minimum Gasteiger partial charge on any atom is -0.462 e. The SMILES string of the molecule is CC/C=C\C/C=C\C/C=C\C/C=C\C/C=C\C/C=C\C/C=C\C/C=C\C/C=C\CCCCCCCCCC(=O)OC(COC(=O)CCCCCCCCCCCCCCCCCCCCCCC)COP(=O)(O)OCC[N+](C)(C)C. The van der Waals surface area contributed by atoms with Crippen molar-refractivity contribution >= 4 is 19.8 Å². The summed E-state index contributed by atoms with van der Waals surface area (Å²) in [6.45, 7) is 4.33. The molecule has 0 aliphatic carbocycles. The van der Waals surface area contributed by atoms with Crippen molar-refractivity contribution in [3.8, 4) is 0 Å². The van der Waals surface area contributed by atoms with E-state index in [1.54, 1.807) is 0 Å². The lowest BCUT2D eigenvalue weighted by atomic mass is 10.0. The Hall–Kier alpha value is -3.33. The number of unbranched alkanes of at least 4 members (excludes halogenated alkanes) is 27. The van der Waals surface area contributed by atoms with E-state index in [9.17, 15) is 19.0 Å². The third kappa shape index (κ3) is 63.8. The fraction of sp³-hybridized carbons (Fsp3) is 0.714. The highest BCUT2D eigenvalue weighted by Gasteiger charge is 2.27. The quantitative estimate of drug-likeness (QED) is 0.0211. The first kappa shape index (κ1) is 76.7. The van der Waals surface area contributed by atoms with E-state index in [2.05, 4.69) is 123 Å². The molecule has 0 aromatic heterocycles. The maximum Gasteiger partial charge on any atom is 0.472 e. The monoisotopic (exact) mass is 1140 g/mol. The second-order valence-corrected chi connectivity index (χ2v) is 24.2. The van der Waals surface area contributed by atoms with Crippen LogP contribution in [0.5, 0.6) is 0 Å². The number of quaternary nitrogens is 1. The van der Waals surface area contributed by atoms with Gasteiger partial charge in [-0.3, -0.25) is 18.6 Å². The van der Waals surface area contributed by atoms with E-state index in [1.165, 1.54) is 135 Å². The molecular formula is C70H123NO8P+. The van der Waals surface area contributed by atoms with Gasteiger partial charge in [-0.05, 0) is 83.5 Å². The topological polar surface area (TPSA) is 108 Å². The summed E-state index contributed by atoms with van der Waals surface area (Å²) in [5.74, 6) is -0.806. The predicted octanol–water partition coefficient (Wildman–Crippen LogP) is 20.9. The molecule has 0 spiro atoms. The molecular weight excluding hydrogens is 1010 g/mol. The zero-order chi connectivity index (χ0) is 58.4. The van der Waals surface area contributed by atoms with Gasteiger partial charge in [0.05, 0.1) is 27.7 Å². The van der Waals surface area contributed by atoms with Crippen molar-refractivity contribution in [2.24, 2.45) is 0 Å². The maximum atomic E-state index is 12.9. The van der Waals surface area contributed by atoms with Crippen LogP contribution in [0.25, 0.3) is 0 Å². The number of carbonyl (C=O) groups excluding carboxylic acids is 2. The summed E-state index contributed by atoms with van der Waals surface area (Å²) in [6, 6.07) is 0. The van der Waals surface area contributed by atoms with Crippen LogP contribution in [0.4, 0.5) is 0 Å². The zero-order valence-electron chi connectivity index (χ0n) is 52.3. The summed E-state index contributed by atoms with van der Waals surface area (Å²) in [4.78, 5) is 35.8. The molecule has 9 nitrogen and oxygen atoms in total. The standard InChI is InChI=1S/C70H122NO8P/c1-6-8-10-12-14-16-18-20-22-24-26-28-29-30-31-32-33-34-35-36-37-38-39-40-41-43-45-47-49-51-53-55-57-59-61-63-70(73)79-68(67-78-80(74,75)77-65-64-71(3,4)5)66-76-69(72)62-60-58-56-54-52-50-48-46-44-42-27-25-23-21-19-17-15-13-11-9-7-2/h8,10,14,16,20,22,26,28,30-31,33-34,36-37,39-40,43,45,68H,6-7,9,11-13,15,17-19,21,23-25,27,29,32,35,38,41-42,44,46-67H2,1-5H3/p+1/b10-8-,16-14-,22-20-,28-26-,31-30-,34-33-,37-36-,40-39-,45-43-. The molecule has 1 N–H and O–H groups in total. The lowest BCUT2D eigenvalue weighted by Gasteiger charge is -2.24. The Bertz CT molecular complexity index is 1720. The van der Waals surface area contributed by atoms with E-state index in [-0.39, 0.29) is 32.0 Å².